The molecule has 25 heavy (non-hydrogen) atoms. The number of carbonyl (C=O) groups excluding carboxylic acids is 1. The third kappa shape index (κ3) is 5.09. The minimum Gasteiger partial charge on any atom is -0.480 e. The number of carboxylic acid groups (broad SMARTS) is 1. The second-order valence-electron chi connectivity index (χ2n) is 8.19. The largest absolute Gasteiger partial charge is 0.480 e. The molecule has 3 rings (SSSR count). The standard InChI is InChI=1S/C19H33N3O3/c1-2-22(12-18(23)24)16-9-15(10-16)21-19(25)20-11-14-8-17(14)13-6-4-3-5-7-13/h13-17H,2-12H2,1H3,(H,23,24)(H2,20,21,25)/t14-,15?,16?,17-/m0/s1. The van der Waals surface area contributed by atoms with E-state index in [1.807, 2.05) is 11.8 Å². The van der Waals surface area contributed by atoms with E-state index in [0.717, 1.165) is 37.8 Å². The zero-order chi connectivity index (χ0) is 17.8. The summed E-state index contributed by atoms with van der Waals surface area (Å²) in [6, 6.07) is 0.408. The van der Waals surface area contributed by atoms with E-state index in [4.69, 9.17) is 5.11 Å². The number of nitrogens with zero attached hydrogens (tertiary/aromatic N) is 1. The number of aliphatic carboxylic acids is 1. The molecule has 0 spiro atoms. The first-order valence-corrected chi connectivity index (χ1v) is 10.1. The monoisotopic (exact) mass is 351 g/mol. The minimum absolute atomic E-state index is 0.0565. The predicted molar refractivity (Wildman–Crippen MR) is 96.4 cm³/mol. The Morgan fingerprint density at radius 2 is 1.84 bits per heavy atom. The summed E-state index contributed by atoms with van der Waals surface area (Å²) in [5, 5.41) is 15.0. The Labute approximate surface area is 150 Å². The number of urea groups is 1. The predicted octanol–water partition coefficient (Wildman–Crippen LogP) is 2.44. The van der Waals surface area contributed by atoms with Gasteiger partial charge in [0.15, 0.2) is 0 Å². The molecule has 2 amide bonds. The van der Waals surface area contributed by atoms with Crippen molar-refractivity contribution in [2.75, 3.05) is 19.6 Å². The molecule has 3 saturated carbocycles. The molecule has 6 heteroatoms. The first-order chi connectivity index (χ1) is 12.1. The van der Waals surface area contributed by atoms with Crippen molar-refractivity contribution in [3.63, 3.8) is 0 Å². The second-order valence-corrected chi connectivity index (χ2v) is 8.19. The van der Waals surface area contributed by atoms with E-state index in [9.17, 15) is 9.59 Å². The third-order valence-electron chi connectivity index (χ3n) is 6.47. The molecule has 6 nitrogen and oxygen atoms in total. The van der Waals surface area contributed by atoms with Crippen molar-refractivity contribution in [2.45, 2.75) is 70.4 Å². The van der Waals surface area contributed by atoms with Gasteiger partial charge in [-0.3, -0.25) is 9.69 Å². The molecule has 0 saturated heterocycles. The summed E-state index contributed by atoms with van der Waals surface area (Å²) in [5.41, 5.74) is 0. The lowest BCUT2D eigenvalue weighted by molar-refractivity contribution is -0.139. The Morgan fingerprint density at radius 3 is 2.48 bits per heavy atom. The summed E-state index contributed by atoms with van der Waals surface area (Å²) in [4.78, 5) is 24.9. The van der Waals surface area contributed by atoms with Gasteiger partial charge in [0.1, 0.15) is 0 Å². The van der Waals surface area contributed by atoms with Gasteiger partial charge in [-0.15, -0.1) is 0 Å². The van der Waals surface area contributed by atoms with E-state index in [2.05, 4.69) is 10.6 Å². The van der Waals surface area contributed by atoms with Gasteiger partial charge in [0.25, 0.3) is 0 Å². The highest BCUT2D eigenvalue weighted by atomic mass is 16.4. The summed E-state index contributed by atoms with van der Waals surface area (Å²) >= 11 is 0. The molecule has 0 heterocycles. The number of carbonyl (C=O) groups is 2. The van der Waals surface area contributed by atoms with Crippen LogP contribution < -0.4 is 10.6 Å². The SMILES string of the molecule is CCN(CC(=O)O)C1CC(NC(=O)NC[C@@H]2C[C@H]2C2CCCCC2)C1. The summed E-state index contributed by atoms with van der Waals surface area (Å²) in [6.45, 7) is 3.61. The molecule has 0 aromatic rings. The summed E-state index contributed by atoms with van der Waals surface area (Å²) < 4.78 is 0. The fourth-order valence-corrected chi connectivity index (χ4v) is 4.78. The molecule has 3 aliphatic rings. The molecule has 3 fully saturated rings. The van der Waals surface area contributed by atoms with Crippen molar-refractivity contribution in [3.8, 4) is 0 Å². The minimum atomic E-state index is -0.784. The van der Waals surface area contributed by atoms with Gasteiger partial charge < -0.3 is 15.7 Å². The van der Waals surface area contributed by atoms with Gasteiger partial charge in [-0.2, -0.15) is 0 Å². The summed E-state index contributed by atoms with van der Waals surface area (Å²) in [6.07, 6.45) is 9.95. The van der Waals surface area contributed by atoms with Gasteiger partial charge in [-0.1, -0.05) is 39.0 Å². The van der Waals surface area contributed by atoms with Gasteiger partial charge in [-0.05, 0) is 43.6 Å². The maximum absolute atomic E-state index is 12.1. The van der Waals surface area contributed by atoms with Crippen molar-refractivity contribution >= 4 is 12.0 Å². The van der Waals surface area contributed by atoms with Crippen LogP contribution in [0.3, 0.4) is 0 Å². The average molecular weight is 351 g/mol. The lowest BCUT2D eigenvalue weighted by atomic mass is 9.85. The molecule has 0 aliphatic heterocycles. The highest BCUT2D eigenvalue weighted by molar-refractivity contribution is 5.74. The van der Waals surface area contributed by atoms with Crippen LogP contribution in [0, 0.1) is 17.8 Å². The number of hydrogen-bond acceptors (Lipinski definition) is 3. The number of rotatable bonds is 8. The molecule has 3 aliphatic carbocycles. The quantitative estimate of drug-likeness (QED) is 0.627. The lowest BCUT2D eigenvalue weighted by Crippen LogP contribution is -2.56. The Balaban J connectivity index is 1.28. The topological polar surface area (TPSA) is 81.7 Å². The van der Waals surface area contributed by atoms with Crippen LogP contribution in [0.5, 0.6) is 0 Å². The Morgan fingerprint density at radius 1 is 1.12 bits per heavy atom. The molecule has 2 atom stereocenters. The van der Waals surface area contributed by atoms with Crippen LogP contribution in [0.15, 0.2) is 0 Å². The van der Waals surface area contributed by atoms with Crippen molar-refractivity contribution in [2.24, 2.45) is 17.8 Å². The van der Waals surface area contributed by atoms with Crippen molar-refractivity contribution in [3.05, 3.63) is 0 Å². The first kappa shape index (κ1) is 18.5. The molecule has 0 aromatic carbocycles. The smallest absolute Gasteiger partial charge is 0.317 e. The lowest BCUT2D eigenvalue weighted by Gasteiger charge is -2.42. The molecule has 0 aromatic heterocycles. The fraction of sp³-hybridized carbons (Fsp3) is 0.895. The number of nitrogens with one attached hydrogen (secondary N) is 2. The van der Waals surface area contributed by atoms with Crippen LogP contribution in [0.4, 0.5) is 4.79 Å². The van der Waals surface area contributed by atoms with Crippen molar-refractivity contribution < 1.29 is 14.7 Å². The van der Waals surface area contributed by atoms with Crippen LogP contribution in [0.25, 0.3) is 0 Å². The Kier molecular flexibility index (Phi) is 6.20. The molecule has 0 unspecified atom stereocenters. The highest BCUT2D eigenvalue weighted by Crippen LogP contribution is 2.48. The van der Waals surface area contributed by atoms with Gasteiger partial charge in [0.2, 0.25) is 0 Å². The van der Waals surface area contributed by atoms with Gasteiger partial charge in [-0.25, -0.2) is 4.79 Å². The summed E-state index contributed by atoms with van der Waals surface area (Å²) in [5.74, 6) is 1.66. The van der Waals surface area contributed by atoms with Crippen molar-refractivity contribution in [1.82, 2.24) is 15.5 Å². The highest BCUT2D eigenvalue weighted by Gasteiger charge is 2.42. The van der Waals surface area contributed by atoms with Gasteiger partial charge in [0.05, 0.1) is 6.54 Å². The van der Waals surface area contributed by atoms with E-state index in [0.29, 0.717) is 5.92 Å². The number of amides is 2. The molecule has 0 bridgehead atoms. The van der Waals surface area contributed by atoms with E-state index >= 15 is 0 Å². The van der Waals surface area contributed by atoms with E-state index in [-0.39, 0.29) is 24.7 Å². The normalized spacial score (nSPS) is 32.1. The maximum atomic E-state index is 12.1. The van der Waals surface area contributed by atoms with E-state index in [1.54, 1.807) is 0 Å². The fourth-order valence-electron chi connectivity index (χ4n) is 4.78. The molecular weight excluding hydrogens is 318 g/mol. The van der Waals surface area contributed by atoms with Crippen LogP contribution in [-0.4, -0.2) is 53.7 Å². The average Bonchev–Trinajstić information content (AvgIpc) is 3.34. The maximum Gasteiger partial charge on any atom is 0.317 e. The molecular formula is C19H33N3O3. The van der Waals surface area contributed by atoms with Crippen LogP contribution in [-0.2, 0) is 4.79 Å². The zero-order valence-corrected chi connectivity index (χ0v) is 15.4. The Hall–Kier alpha value is -1.30. The van der Waals surface area contributed by atoms with E-state index < -0.39 is 5.97 Å². The Bertz CT molecular complexity index is 473. The molecule has 0 radical (unpaired) electrons. The van der Waals surface area contributed by atoms with Gasteiger partial charge >= 0.3 is 12.0 Å². The molecule has 3 N–H and O–H groups in total. The van der Waals surface area contributed by atoms with Crippen LogP contribution in [0.2, 0.25) is 0 Å². The first-order valence-electron chi connectivity index (χ1n) is 10.1. The second kappa shape index (κ2) is 8.39. The number of likely N-dealkylation sites (N-methyl/N-ethyl adjacent to an activating group) is 1. The zero-order valence-electron chi connectivity index (χ0n) is 15.4. The summed E-state index contributed by atoms with van der Waals surface area (Å²) in [7, 11) is 0. The van der Waals surface area contributed by atoms with E-state index in [1.165, 1.54) is 38.5 Å². The van der Waals surface area contributed by atoms with Crippen molar-refractivity contribution in [1.29, 1.82) is 0 Å². The molecule has 142 valence electrons. The number of hydrogen-bond donors (Lipinski definition) is 3. The third-order valence-corrected chi connectivity index (χ3v) is 6.47. The van der Waals surface area contributed by atoms with Crippen LogP contribution >= 0.6 is 0 Å². The van der Waals surface area contributed by atoms with Crippen LogP contribution in [0.1, 0.15) is 58.3 Å². The van der Waals surface area contributed by atoms with Gasteiger partial charge in [0, 0.05) is 18.6 Å². The number of carboxylic acids is 1.